The summed E-state index contributed by atoms with van der Waals surface area (Å²) < 4.78 is 0. The van der Waals surface area contributed by atoms with Crippen LogP contribution in [0.4, 0.5) is 0 Å². The van der Waals surface area contributed by atoms with E-state index in [0.29, 0.717) is 34.0 Å². The molecule has 0 bridgehead atoms. The molecule has 1 aromatic carbocycles. The molecule has 0 aliphatic heterocycles. The van der Waals surface area contributed by atoms with Gasteiger partial charge in [0.15, 0.2) is 5.69 Å². The predicted octanol–water partition coefficient (Wildman–Crippen LogP) is 4.08. The number of carbonyl (C=O) groups is 1. The number of halogens is 1. The SMILES string of the molecule is CCCN(Cc1nc2cc(Cl)ccc2c(=O)[nH]1)C(=O)c1cc(-c2cccs2)[nH]n1. The van der Waals surface area contributed by atoms with Crippen molar-refractivity contribution in [1.29, 1.82) is 0 Å². The van der Waals surface area contributed by atoms with Gasteiger partial charge in [-0.15, -0.1) is 11.3 Å². The van der Waals surface area contributed by atoms with Crippen molar-refractivity contribution in [2.45, 2.75) is 19.9 Å². The first-order chi connectivity index (χ1) is 14.0. The summed E-state index contributed by atoms with van der Waals surface area (Å²) in [7, 11) is 0. The summed E-state index contributed by atoms with van der Waals surface area (Å²) in [5.74, 6) is 0.181. The lowest BCUT2D eigenvalue weighted by molar-refractivity contribution is 0.0733. The zero-order valence-corrected chi connectivity index (χ0v) is 17.2. The maximum absolute atomic E-state index is 13.0. The van der Waals surface area contributed by atoms with Gasteiger partial charge in [0.1, 0.15) is 5.82 Å². The molecule has 9 heteroatoms. The molecule has 0 aliphatic rings. The van der Waals surface area contributed by atoms with Crippen LogP contribution in [0, 0.1) is 0 Å². The van der Waals surface area contributed by atoms with Crippen LogP contribution >= 0.6 is 22.9 Å². The number of nitrogens with one attached hydrogen (secondary N) is 2. The van der Waals surface area contributed by atoms with Crippen molar-refractivity contribution in [2.24, 2.45) is 0 Å². The third-order valence-electron chi connectivity index (χ3n) is 4.42. The zero-order chi connectivity index (χ0) is 20.4. The fourth-order valence-electron chi connectivity index (χ4n) is 3.09. The number of aromatic nitrogens is 4. The maximum atomic E-state index is 13.0. The molecule has 0 saturated carbocycles. The normalized spacial score (nSPS) is 11.1. The topological polar surface area (TPSA) is 94.7 Å². The molecule has 4 rings (SSSR count). The minimum absolute atomic E-state index is 0.172. The summed E-state index contributed by atoms with van der Waals surface area (Å²) in [5.41, 5.74) is 1.37. The van der Waals surface area contributed by atoms with Gasteiger partial charge in [0.05, 0.1) is 28.0 Å². The second-order valence-electron chi connectivity index (χ2n) is 6.54. The molecule has 0 fully saturated rings. The molecule has 0 radical (unpaired) electrons. The Morgan fingerprint density at radius 2 is 2.14 bits per heavy atom. The summed E-state index contributed by atoms with van der Waals surface area (Å²) in [5, 5.41) is 10.0. The highest BCUT2D eigenvalue weighted by Crippen LogP contribution is 2.23. The van der Waals surface area contributed by atoms with Gasteiger partial charge in [-0.2, -0.15) is 5.10 Å². The lowest BCUT2D eigenvalue weighted by Gasteiger charge is -2.20. The fourth-order valence-corrected chi connectivity index (χ4v) is 3.95. The van der Waals surface area contributed by atoms with Crippen molar-refractivity contribution in [3.05, 3.63) is 68.7 Å². The standard InChI is InChI=1S/C20H18ClN5O2S/c1-2-7-26(20(28)16-10-15(24-25-16)17-4-3-8-29-17)11-18-22-14-9-12(21)5-6-13(14)19(27)23-18/h3-6,8-10H,2,7,11H2,1H3,(H,24,25)(H,22,23,27). The number of rotatable bonds is 6. The number of benzene rings is 1. The Bertz CT molecular complexity index is 1220. The largest absolute Gasteiger partial charge is 0.330 e. The molecule has 7 nitrogen and oxygen atoms in total. The van der Waals surface area contributed by atoms with Gasteiger partial charge in [0.25, 0.3) is 11.5 Å². The van der Waals surface area contributed by atoms with Gasteiger partial charge in [0, 0.05) is 11.6 Å². The minimum Gasteiger partial charge on any atom is -0.330 e. The third kappa shape index (κ3) is 4.08. The van der Waals surface area contributed by atoms with Gasteiger partial charge in [0.2, 0.25) is 0 Å². The Kier molecular flexibility index (Phi) is 5.46. The van der Waals surface area contributed by atoms with Crippen LogP contribution in [0.1, 0.15) is 29.7 Å². The minimum atomic E-state index is -0.259. The summed E-state index contributed by atoms with van der Waals surface area (Å²) in [4.78, 5) is 35.3. The lowest BCUT2D eigenvalue weighted by Crippen LogP contribution is -2.33. The van der Waals surface area contributed by atoms with Crippen molar-refractivity contribution >= 4 is 39.7 Å². The van der Waals surface area contributed by atoms with Crippen LogP contribution in [0.25, 0.3) is 21.5 Å². The van der Waals surface area contributed by atoms with E-state index in [1.54, 1.807) is 40.5 Å². The lowest BCUT2D eigenvalue weighted by atomic mass is 10.2. The highest BCUT2D eigenvalue weighted by molar-refractivity contribution is 7.13. The maximum Gasteiger partial charge on any atom is 0.274 e. The van der Waals surface area contributed by atoms with E-state index in [0.717, 1.165) is 17.0 Å². The van der Waals surface area contributed by atoms with Crippen molar-refractivity contribution in [1.82, 2.24) is 25.1 Å². The first kappa shape index (κ1) is 19.4. The van der Waals surface area contributed by atoms with Crippen molar-refractivity contribution < 1.29 is 4.79 Å². The van der Waals surface area contributed by atoms with E-state index in [1.165, 1.54) is 0 Å². The molecule has 3 heterocycles. The van der Waals surface area contributed by atoms with E-state index < -0.39 is 0 Å². The van der Waals surface area contributed by atoms with Gasteiger partial charge in [-0.3, -0.25) is 14.7 Å². The second-order valence-corrected chi connectivity index (χ2v) is 7.93. The van der Waals surface area contributed by atoms with Gasteiger partial charge in [-0.1, -0.05) is 24.6 Å². The summed E-state index contributed by atoms with van der Waals surface area (Å²) in [6, 6.07) is 10.6. The molecule has 4 aromatic rings. The van der Waals surface area contributed by atoms with Gasteiger partial charge in [-0.05, 0) is 42.1 Å². The third-order valence-corrected chi connectivity index (χ3v) is 5.56. The van der Waals surface area contributed by atoms with E-state index in [-0.39, 0.29) is 18.0 Å². The average Bonchev–Trinajstić information content (AvgIpc) is 3.38. The average molecular weight is 428 g/mol. The number of aromatic amines is 2. The zero-order valence-electron chi connectivity index (χ0n) is 15.6. The molecule has 3 aromatic heterocycles. The first-order valence-electron chi connectivity index (χ1n) is 9.12. The first-order valence-corrected chi connectivity index (χ1v) is 10.4. The Hall–Kier alpha value is -2.97. The summed E-state index contributed by atoms with van der Waals surface area (Å²) in [6.07, 6.45) is 0.761. The van der Waals surface area contributed by atoms with Crippen LogP contribution in [-0.2, 0) is 6.54 Å². The van der Waals surface area contributed by atoms with E-state index in [4.69, 9.17) is 11.6 Å². The van der Waals surface area contributed by atoms with Gasteiger partial charge < -0.3 is 9.88 Å². The Balaban J connectivity index is 1.62. The molecule has 2 N–H and O–H groups in total. The number of hydrogen-bond donors (Lipinski definition) is 2. The number of carbonyl (C=O) groups excluding carboxylic acids is 1. The molecule has 0 saturated heterocycles. The van der Waals surface area contributed by atoms with Crippen LogP contribution in [0.3, 0.4) is 0 Å². The second kappa shape index (κ2) is 8.18. The monoisotopic (exact) mass is 427 g/mol. The predicted molar refractivity (Wildman–Crippen MR) is 114 cm³/mol. The van der Waals surface area contributed by atoms with E-state index >= 15 is 0 Å². The van der Waals surface area contributed by atoms with E-state index in [1.807, 2.05) is 24.4 Å². The molecule has 0 aliphatic carbocycles. The van der Waals surface area contributed by atoms with Crippen molar-refractivity contribution in [2.75, 3.05) is 6.54 Å². The number of nitrogens with zero attached hydrogens (tertiary/aromatic N) is 3. The summed E-state index contributed by atoms with van der Waals surface area (Å²) in [6.45, 7) is 2.67. The smallest absolute Gasteiger partial charge is 0.274 e. The molecular weight excluding hydrogens is 410 g/mol. The van der Waals surface area contributed by atoms with Gasteiger partial charge in [-0.25, -0.2) is 4.98 Å². The number of hydrogen-bond acceptors (Lipinski definition) is 5. The van der Waals surface area contributed by atoms with Crippen LogP contribution < -0.4 is 5.56 Å². The Labute approximate surface area is 175 Å². The van der Waals surface area contributed by atoms with E-state index in [2.05, 4.69) is 20.2 Å². The Morgan fingerprint density at radius 1 is 1.28 bits per heavy atom. The molecule has 148 valence electrons. The molecule has 29 heavy (non-hydrogen) atoms. The number of amides is 1. The number of fused-ring (bicyclic) bond motifs is 1. The van der Waals surface area contributed by atoms with Gasteiger partial charge >= 0.3 is 0 Å². The quantitative estimate of drug-likeness (QED) is 0.484. The molecule has 0 spiro atoms. The fraction of sp³-hybridized carbons (Fsp3) is 0.200. The van der Waals surface area contributed by atoms with E-state index in [9.17, 15) is 9.59 Å². The van der Waals surface area contributed by atoms with Crippen molar-refractivity contribution in [3.63, 3.8) is 0 Å². The summed E-state index contributed by atoms with van der Waals surface area (Å²) >= 11 is 7.60. The van der Waals surface area contributed by atoms with Crippen LogP contribution in [0.2, 0.25) is 5.02 Å². The molecule has 0 unspecified atom stereocenters. The molecular formula is C20H18ClN5O2S. The van der Waals surface area contributed by atoms with Crippen LogP contribution in [0.15, 0.2) is 46.6 Å². The Morgan fingerprint density at radius 3 is 2.90 bits per heavy atom. The van der Waals surface area contributed by atoms with Crippen LogP contribution in [0.5, 0.6) is 0 Å². The molecule has 0 atom stereocenters. The number of H-pyrrole nitrogens is 2. The highest BCUT2D eigenvalue weighted by atomic mass is 35.5. The van der Waals surface area contributed by atoms with Crippen molar-refractivity contribution in [3.8, 4) is 10.6 Å². The molecule has 1 amide bonds. The number of thiophene rings is 1. The highest BCUT2D eigenvalue weighted by Gasteiger charge is 2.20. The van der Waals surface area contributed by atoms with Crippen LogP contribution in [-0.4, -0.2) is 37.5 Å².